The van der Waals surface area contributed by atoms with Gasteiger partial charge in [0.15, 0.2) is 0 Å². The zero-order valence-electron chi connectivity index (χ0n) is 35.8. The quantitative estimate of drug-likeness (QED) is 0.0947. The molecule has 0 radical (unpaired) electrons. The van der Waals surface area contributed by atoms with Crippen molar-refractivity contribution in [3.63, 3.8) is 0 Å². The molecule has 2 aliphatic heterocycles. The third kappa shape index (κ3) is 8.20. The summed E-state index contributed by atoms with van der Waals surface area (Å²) in [6, 6.07) is 22.1. The number of fused-ring (bicyclic) bond motifs is 2. The molecule has 3 aliphatic rings. The minimum absolute atomic E-state index is 0.0111. The predicted molar refractivity (Wildman–Crippen MR) is 249 cm³/mol. The molecular weight excluding hydrogens is 916 g/mol. The largest absolute Gasteiger partial charge is 0.360 e. The number of benzene rings is 4. The summed E-state index contributed by atoms with van der Waals surface area (Å²) in [5.74, 6) is 0.0453. The highest BCUT2D eigenvalue weighted by Gasteiger charge is 2.40. The lowest BCUT2D eigenvalue weighted by Gasteiger charge is -2.52. The van der Waals surface area contributed by atoms with Gasteiger partial charge in [-0.25, -0.2) is 21.2 Å². The van der Waals surface area contributed by atoms with Crippen molar-refractivity contribution in [1.29, 1.82) is 10.5 Å². The number of aromatic amines is 2. The fourth-order valence-corrected chi connectivity index (χ4v) is 13.6. The first-order chi connectivity index (χ1) is 30.8. The van der Waals surface area contributed by atoms with E-state index in [1.807, 2.05) is 5.01 Å². The zero-order chi connectivity index (χ0) is 44.9. The molecule has 2 atom stereocenters. The highest BCUT2D eigenvalue weighted by Crippen LogP contribution is 2.43. The van der Waals surface area contributed by atoms with Crippen molar-refractivity contribution in [2.24, 2.45) is 11.8 Å². The maximum absolute atomic E-state index is 17.1. The molecule has 1 saturated carbocycles. The zero-order valence-corrected chi connectivity index (χ0v) is 39.0. The topological polar surface area (TPSA) is 160 Å². The van der Waals surface area contributed by atoms with Crippen molar-refractivity contribution in [2.45, 2.75) is 83.5 Å². The Bertz CT molecular complexity index is 3050. The number of aromatic nitrogens is 2. The number of nitrogens with one attached hydrogen (secondary N) is 2. The van der Waals surface area contributed by atoms with Crippen LogP contribution in [0.5, 0.6) is 0 Å². The van der Waals surface area contributed by atoms with Crippen LogP contribution in [0.4, 0.5) is 15.8 Å². The van der Waals surface area contributed by atoms with Gasteiger partial charge in [0.1, 0.15) is 5.82 Å². The number of anilines is 2. The van der Waals surface area contributed by atoms with Gasteiger partial charge in [-0.1, -0.05) is 31.9 Å². The number of hydrogen-bond donors (Lipinski definition) is 2. The Morgan fingerprint density at radius 2 is 1.30 bits per heavy atom. The van der Waals surface area contributed by atoms with Crippen LogP contribution < -0.4 is 10.0 Å². The molecule has 332 valence electrons. The van der Waals surface area contributed by atoms with Gasteiger partial charge in [-0.2, -0.15) is 10.5 Å². The summed E-state index contributed by atoms with van der Waals surface area (Å²) in [6.07, 6.45) is 9.88. The number of nitriles is 2. The van der Waals surface area contributed by atoms with Gasteiger partial charge in [0.2, 0.25) is 19.7 Å². The first-order valence-corrected chi connectivity index (χ1v) is 25.6. The van der Waals surface area contributed by atoms with Crippen LogP contribution in [0.15, 0.2) is 109 Å². The number of hydrogen-bond acceptors (Lipinski definition) is 10. The van der Waals surface area contributed by atoms with E-state index in [-0.39, 0.29) is 43.3 Å². The number of likely N-dealkylation sites (tertiary alicyclic amines) is 2. The van der Waals surface area contributed by atoms with E-state index in [1.165, 1.54) is 56.3 Å². The van der Waals surface area contributed by atoms with Crippen molar-refractivity contribution >= 4 is 68.8 Å². The summed E-state index contributed by atoms with van der Waals surface area (Å²) in [6.45, 7) is 6.17. The number of piperidine rings is 2. The number of hydrazine groups is 1. The van der Waals surface area contributed by atoms with Gasteiger partial charge >= 0.3 is 0 Å². The minimum Gasteiger partial charge on any atom is -0.360 e. The molecule has 0 bridgehead atoms. The molecule has 12 nitrogen and oxygen atoms in total. The molecule has 4 heterocycles. The molecule has 6 aromatic rings. The Balaban J connectivity index is 1.20. The smallest absolute Gasteiger partial charge is 0.208 e. The van der Waals surface area contributed by atoms with E-state index in [9.17, 15) is 27.4 Å². The third-order valence-electron chi connectivity index (χ3n) is 13.6. The van der Waals surface area contributed by atoms with Crippen LogP contribution >= 0.6 is 15.9 Å². The highest BCUT2D eigenvalue weighted by atomic mass is 79.9. The van der Waals surface area contributed by atoms with Gasteiger partial charge < -0.3 is 19.8 Å². The Hall–Kier alpha value is -5.23. The maximum atomic E-state index is 17.1. The molecule has 64 heavy (non-hydrogen) atoms. The lowest BCUT2D eigenvalue weighted by molar-refractivity contribution is 0.166. The second kappa shape index (κ2) is 17.6. The lowest BCUT2D eigenvalue weighted by atomic mass is 9.92. The van der Waals surface area contributed by atoms with Crippen molar-refractivity contribution in [1.82, 2.24) is 19.8 Å². The SMILES string of the molecule is CC1CN(C)CCC1N(c1cc(S(=O)(=O)c2c[nH]c3cc(C#N)ccc23)ccc1F)N(c1cc(S(=O)(=O)c2c[nH]c3cc(C#N)ccc23)ccc1Br)C1CCN(CC2CCCC2)CC1. The normalized spacial score (nSPS) is 19.5. The fourth-order valence-electron chi connectivity index (χ4n) is 10.3. The molecule has 2 unspecified atom stereocenters. The molecule has 9 rings (SSSR count). The molecule has 4 aromatic carbocycles. The van der Waals surface area contributed by atoms with Crippen LogP contribution in [0, 0.1) is 40.3 Å². The monoisotopic (exact) mass is 964 g/mol. The minimum atomic E-state index is -4.23. The highest BCUT2D eigenvalue weighted by molar-refractivity contribution is 9.10. The number of H-pyrrole nitrogens is 2. The summed E-state index contributed by atoms with van der Waals surface area (Å²) in [4.78, 5) is 10.8. The Labute approximate surface area is 382 Å². The van der Waals surface area contributed by atoms with Crippen LogP contribution in [0.3, 0.4) is 0 Å². The van der Waals surface area contributed by atoms with Gasteiger partial charge in [-0.3, -0.25) is 10.0 Å². The average molecular weight is 966 g/mol. The van der Waals surface area contributed by atoms with Crippen LogP contribution in [0.1, 0.15) is 63.0 Å². The lowest BCUT2D eigenvalue weighted by Crippen LogP contribution is -2.61. The van der Waals surface area contributed by atoms with E-state index < -0.39 is 25.5 Å². The van der Waals surface area contributed by atoms with Crippen LogP contribution in [-0.4, -0.2) is 88.5 Å². The maximum Gasteiger partial charge on any atom is 0.208 e. The number of halogens is 2. The van der Waals surface area contributed by atoms with Gasteiger partial charge in [0, 0.05) is 64.9 Å². The van der Waals surface area contributed by atoms with Crippen LogP contribution in [-0.2, 0) is 19.7 Å². The fraction of sp³-hybridized carbons (Fsp3) is 0.375. The van der Waals surface area contributed by atoms with Crippen LogP contribution in [0.25, 0.3) is 21.8 Å². The standard InChI is InChI=1S/C48H50BrFN8O4S2/c1-31-29-55(2)18-17-44(31)58(46-24-37(10-14-41(46)50)64(61,62)48-28-54-43-22-34(26-52)8-12-39(43)48)57(35-15-19-56(20-16-35)30-32-5-3-4-6-32)45-23-36(9-13-40(45)49)63(59,60)47-27-53-42-21-33(25-51)7-11-38(42)47/h7-14,21-24,27-28,31-32,35,44,53-54H,3-6,15-20,29-30H2,1-2H3. The summed E-state index contributed by atoms with van der Waals surface area (Å²) in [5.41, 5.74) is 2.39. The molecule has 2 N–H and O–H groups in total. The number of nitrogens with zero attached hydrogens (tertiary/aromatic N) is 6. The molecular formula is C48H50BrFN8O4S2. The van der Waals surface area contributed by atoms with Gasteiger partial charge in [-0.05, 0) is 134 Å². The van der Waals surface area contributed by atoms with Crippen molar-refractivity contribution in [2.75, 3.05) is 49.8 Å². The molecule has 0 spiro atoms. The predicted octanol–water partition coefficient (Wildman–Crippen LogP) is 9.18. The van der Waals surface area contributed by atoms with E-state index in [1.54, 1.807) is 54.6 Å². The Morgan fingerprint density at radius 1 is 0.734 bits per heavy atom. The van der Waals surface area contributed by atoms with E-state index >= 15 is 4.39 Å². The summed E-state index contributed by atoms with van der Waals surface area (Å²) < 4.78 is 76.5. The number of sulfone groups is 2. The second-order valence-corrected chi connectivity index (χ2v) is 22.4. The Morgan fingerprint density at radius 3 is 1.86 bits per heavy atom. The summed E-state index contributed by atoms with van der Waals surface area (Å²) in [7, 11) is -6.33. The molecule has 16 heteroatoms. The molecule has 2 aromatic heterocycles. The van der Waals surface area contributed by atoms with E-state index in [2.05, 4.69) is 66.8 Å². The average Bonchev–Trinajstić information content (AvgIpc) is 4.07. The first kappa shape index (κ1) is 44.0. The molecule has 1 aliphatic carbocycles. The van der Waals surface area contributed by atoms with E-state index in [0.29, 0.717) is 81.4 Å². The third-order valence-corrected chi connectivity index (χ3v) is 17.8. The molecule has 3 fully saturated rings. The van der Waals surface area contributed by atoms with Gasteiger partial charge in [-0.15, -0.1) is 0 Å². The number of rotatable bonds is 11. The van der Waals surface area contributed by atoms with Crippen molar-refractivity contribution in [3.05, 3.63) is 107 Å². The molecule has 0 amide bonds. The summed E-state index contributed by atoms with van der Waals surface area (Å²) >= 11 is 3.82. The van der Waals surface area contributed by atoms with Gasteiger partial charge in [0.25, 0.3) is 0 Å². The summed E-state index contributed by atoms with van der Waals surface area (Å²) in [5, 5.41) is 23.9. The van der Waals surface area contributed by atoms with Gasteiger partial charge in [0.05, 0.1) is 66.3 Å². The Kier molecular flexibility index (Phi) is 12.1. The van der Waals surface area contributed by atoms with Crippen LogP contribution in [0.2, 0.25) is 0 Å². The van der Waals surface area contributed by atoms with E-state index in [4.69, 9.17) is 0 Å². The molecule has 2 saturated heterocycles. The second-order valence-electron chi connectivity index (χ2n) is 17.8. The van der Waals surface area contributed by atoms with Crippen molar-refractivity contribution in [3.8, 4) is 12.1 Å². The first-order valence-electron chi connectivity index (χ1n) is 21.9. The van der Waals surface area contributed by atoms with E-state index in [0.717, 1.165) is 19.6 Å². The van der Waals surface area contributed by atoms with Crippen molar-refractivity contribution < 1.29 is 21.2 Å².